The summed E-state index contributed by atoms with van der Waals surface area (Å²) in [5, 5.41) is 10.1. The van der Waals surface area contributed by atoms with E-state index >= 15 is 0 Å². The topological polar surface area (TPSA) is 72.5 Å². The van der Waals surface area contributed by atoms with Gasteiger partial charge in [-0.15, -0.1) is 0 Å². The van der Waals surface area contributed by atoms with Crippen molar-refractivity contribution in [3.8, 4) is 0 Å². The number of rotatable bonds is 12. The first kappa shape index (κ1) is 24.5. The third-order valence-corrected chi connectivity index (χ3v) is 5.65. The summed E-state index contributed by atoms with van der Waals surface area (Å²) in [4.78, 5) is 12.3. The molecule has 0 fully saturated rings. The summed E-state index contributed by atoms with van der Waals surface area (Å²) in [6.07, 6.45) is 13.5. The summed E-state index contributed by atoms with van der Waals surface area (Å²) < 4.78 is 6.24. The van der Waals surface area contributed by atoms with Crippen molar-refractivity contribution in [2.24, 2.45) is 17.6 Å². The first-order valence-electron chi connectivity index (χ1n) is 11.5. The van der Waals surface area contributed by atoms with Crippen LogP contribution in [0.4, 0.5) is 0 Å². The Hall–Kier alpha value is -2.75. The van der Waals surface area contributed by atoms with Crippen LogP contribution in [0, 0.1) is 11.8 Å². The lowest BCUT2D eigenvalue weighted by molar-refractivity contribution is -0.133. The molecule has 1 aliphatic rings. The molecule has 2 atom stereocenters. The Labute approximate surface area is 187 Å². The molecule has 0 spiro atoms. The van der Waals surface area contributed by atoms with Crippen molar-refractivity contribution >= 4 is 12.0 Å². The maximum Gasteiger partial charge on any atom is 0.335 e. The zero-order valence-electron chi connectivity index (χ0n) is 19.1. The van der Waals surface area contributed by atoms with Crippen molar-refractivity contribution in [3.05, 3.63) is 76.7 Å². The molecule has 4 heteroatoms. The van der Waals surface area contributed by atoms with E-state index in [-0.39, 0.29) is 11.8 Å². The highest BCUT2D eigenvalue weighted by Gasteiger charge is 2.27. The number of carboxylic acids is 1. The summed E-state index contributed by atoms with van der Waals surface area (Å²) in [6.45, 7) is 6.86. The van der Waals surface area contributed by atoms with Crippen molar-refractivity contribution in [1.29, 1.82) is 0 Å². The molecule has 3 N–H and O–H groups in total. The molecule has 0 saturated carbocycles. The van der Waals surface area contributed by atoms with Crippen LogP contribution in [0.5, 0.6) is 0 Å². The van der Waals surface area contributed by atoms with E-state index in [1.54, 1.807) is 0 Å². The first-order chi connectivity index (χ1) is 15.0. The zero-order valence-corrected chi connectivity index (χ0v) is 19.1. The number of aliphatic carboxylic acids is 1. The smallest absolute Gasteiger partial charge is 0.335 e. The highest BCUT2D eigenvalue weighted by molar-refractivity contribution is 5.87. The van der Waals surface area contributed by atoms with Gasteiger partial charge in [-0.3, -0.25) is 0 Å². The average molecular weight is 424 g/mol. The molecule has 0 bridgehead atoms. The van der Waals surface area contributed by atoms with Gasteiger partial charge in [0.2, 0.25) is 0 Å². The lowest BCUT2D eigenvalue weighted by atomic mass is 9.86. The number of hydrogen-bond donors (Lipinski definition) is 2. The van der Waals surface area contributed by atoms with Gasteiger partial charge in [0.15, 0.2) is 0 Å². The lowest BCUT2D eigenvalue weighted by Gasteiger charge is -2.25. The predicted molar refractivity (Wildman–Crippen MR) is 128 cm³/mol. The lowest BCUT2D eigenvalue weighted by Crippen LogP contribution is -2.19. The van der Waals surface area contributed by atoms with E-state index in [1.165, 1.54) is 0 Å². The van der Waals surface area contributed by atoms with E-state index in [1.807, 2.05) is 48.6 Å². The third-order valence-electron chi connectivity index (χ3n) is 5.65. The number of ether oxygens (including phenoxy) is 1. The van der Waals surface area contributed by atoms with Crippen LogP contribution in [-0.4, -0.2) is 17.7 Å². The summed E-state index contributed by atoms with van der Waals surface area (Å²) >= 11 is 0. The molecule has 0 saturated heterocycles. The highest BCUT2D eigenvalue weighted by Crippen LogP contribution is 2.34. The molecule has 0 amide bonds. The summed E-state index contributed by atoms with van der Waals surface area (Å²) in [5.41, 5.74) is 9.10. The van der Waals surface area contributed by atoms with Gasteiger partial charge in [-0.05, 0) is 42.0 Å². The molecule has 2 unspecified atom stereocenters. The van der Waals surface area contributed by atoms with Gasteiger partial charge in [-0.1, -0.05) is 88.9 Å². The molecular weight excluding hydrogens is 386 g/mol. The minimum Gasteiger partial charge on any atom is -0.496 e. The Kier molecular flexibility index (Phi) is 10.2. The van der Waals surface area contributed by atoms with Gasteiger partial charge < -0.3 is 15.6 Å². The van der Waals surface area contributed by atoms with Gasteiger partial charge in [0.05, 0.1) is 18.1 Å². The second kappa shape index (κ2) is 12.8. The van der Waals surface area contributed by atoms with Gasteiger partial charge in [-0.2, -0.15) is 0 Å². The highest BCUT2D eigenvalue weighted by atomic mass is 16.5. The van der Waals surface area contributed by atoms with E-state index in [2.05, 4.69) is 26.8 Å². The molecule has 31 heavy (non-hydrogen) atoms. The molecule has 2 rings (SSSR count). The quantitative estimate of drug-likeness (QED) is 0.229. The molecule has 0 aliphatic heterocycles. The van der Waals surface area contributed by atoms with E-state index in [4.69, 9.17) is 10.5 Å². The van der Waals surface area contributed by atoms with Crippen LogP contribution in [0.3, 0.4) is 0 Å². The van der Waals surface area contributed by atoms with Crippen LogP contribution in [-0.2, 0) is 9.53 Å². The van der Waals surface area contributed by atoms with Gasteiger partial charge in [0, 0.05) is 5.70 Å². The summed E-state index contributed by atoms with van der Waals surface area (Å²) in [7, 11) is 0. The van der Waals surface area contributed by atoms with E-state index in [0.717, 1.165) is 43.2 Å². The first-order valence-corrected chi connectivity index (χ1v) is 11.5. The summed E-state index contributed by atoms with van der Waals surface area (Å²) in [5.74, 6) is -0.362. The van der Waals surface area contributed by atoms with Crippen molar-refractivity contribution in [2.75, 3.05) is 6.61 Å². The van der Waals surface area contributed by atoms with Crippen molar-refractivity contribution in [1.82, 2.24) is 0 Å². The molecular formula is C27H37NO3. The van der Waals surface area contributed by atoms with Crippen LogP contribution in [0.2, 0.25) is 0 Å². The second-order valence-corrected chi connectivity index (χ2v) is 8.31. The zero-order chi connectivity index (χ0) is 22.6. The van der Waals surface area contributed by atoms with E-state index in [0.29, 0.717) is 30.1 Å². The molecule has 1 aromatic rings. The number of carbonyl (C=O) groups is 1. The number of unbranched alkanes of at least 4 members (excludes halogenated alkanes) is 3. The van der Waals surface area contributed by atoms with E-state index in [9.17, 15) is 9.90 Å². The molecule has 0 aromatic heterocycles. The normalized spacial score (nSPS) is 19.0. The Morgan fingerprint density at radius 2 is 1.94 bits per heavy atom. The number of nitrogens with two attached hydrogens (primary N) is 1. The monoisotopic (exact) mass is 423 g/mol. The van der Waals surface area contributed by atoms with Crippen molar-refractivity contribution in [3.63, 3.8) is 0 Å². The number of carboxylic acid groups (broad SMARTS) is 1. The Balaban J connectivity index is 2.45. The molecule has 0 radical (unpaired) electrons. The van der Waals surface area contributed by atoms with Crippen LogP contribution in [0.15, 0.2) is 71.2 Å². The average Bonchev–Trinajstić information content (AvgIpc) is 2.76. The van der Waals surface area contributed by atoms with Crippen LogP contribution in [0.25, 0.3) is 6.08 Å². The van der Waals surface area contributed by atoms with Crippen LogP contribution >= 0.6 is 0 Å². The maximum atomic E-state index is 12.3. The minimum absolute atomic E-state index is 0.263. The predicted octanol–water partition coefficient (Wildman–Crippen LogP) is 6.47. The maximum absolute atomic E-state index is 12.3. The van der Waals surface area contributed by atoms with Crippen molar-refractivity contribution in [2.45, 2.75) is 59.3 Å². The third kappa shape index (κ3) is 7.78. The summed E-state index contributed by atoms with van der Waals surface area (Å²) in [6, 6.07) is 10.0. The fraction of sp³-hybridized carbons (Fsp3) is 0.444. The van der Waals surface area contributed by atoms with Crippen LogP contribution < -0.4 is 5.73 Å². The molecule has 1 aromatic carbocycles. The SMILES string of the molecule is CCCCCCOC(=C(CC(C)CC)C(=O)O)C1C=CC(N)=CC1=Cc1ccccc1. The van der Waals surface area contributed by atoms with Gasteiger partial charge in [0.1, 0.15) is 5.76 Å². The standard InChI is InChI=1S/C27H37NO3/c1-4-6-7-11-16-31-26(25(27(29)30)17-20(3)5-2)24-15-14-23(28)19-22(24)18-21-12-9-8-10-13-21/h8-10,12-15,18-20,24H,4-7,11,16-17,28H2,1-3H3,(H,29,30). The second-order valence-electron chi connectivity index (χ2n) is 8.31. The number of benzene rings is 1. The van der Waals surface area contributed by atoms with Crippen LogP contribution in [0.1, 0.15) is 64.9 Å². The van der Waals surface area contributed by atoms with Gasteiger partial charge >= 0.3 is 5.97 Å². The fourth-order valence-electron chi connectivity index (χ4n) is 3.62. The fourth-order valence-corrected chi connectivity index (χ4v) is 3.62. The number of allylic oxidation sites excluding steroid dienone is 3. The minimum atomic E-state index is -0.904. The largest absolute Gasteiger partial charge is 0.496 e. The van der Waals surface area contributed by atoms with Gasteiger partial charge in [-0.25, -0.2) is 4.79 Å². The van der Waals surface area contributed by atoms with Crippen molar-refractivity contribution < 1.29 is 14.6 Å². The Bertz CT molecular complexity index is 833. The molecule has 1 aliphatic carbocycles. The molecule has 168 valence electrons. The Morgan fingerprint density at radius 3 is 2.58 bits per heavy atom. The number of hydrogen-bond acceptors (Lipinski definition) is 3. The molecule has 4 nitrogen and oxygen atoms in total. The Morgan fingerprint density at radius 1 is 1.19 bits per heavy atom. The van der Waals surface area contributed by atoms with E-state index < -0.39 is 5.97 Å². The molecule has 0 heterocycles. The van der Waals surface area contributed by atoms with Gasteiger partial charge in [0.25, 0.3) is 0 Å².